The van der Waals surface area contributed by atoms with E-state index in [1.54, 1.807) is 36.4 Å². The summed E-state index contributed by atoms with van der Waals surface area (Å²) in [6.07, 6.45) is 1.47. The number of halogens is 2. The third-order valence-electron chi connectivity index (χ3n) is 4.72. The first-order chi connectivity index (χ1) is 15.9. The van der Waals surface area contributed by atoms with E-state index in [9.17, 15) is 9.59 Å². The number of nitrogens with zero attached hydrogens (tertiary/aromatic N) is 3. The molecular formula is C24H18Cl2N4O2S. The number of aryl methyl sites for hydroxylation is 1. The largest absolute Gasteiger partial charge is 0.272 e. The first-order valence-corrected chi connectivity index (χ1v) is 11.6. The normalized spacial score (nSPS) is 11.2. The Hall–Kier alpha value is -3.13. The molecule has 0 saturated heterocycles. The fourth-order valence-corrected chi connectivity index (χ4v) is 4.18. The molecule has 0 saturated carbocycles. The zero-order valence-electron chi connectivity index (χ0n) is 17.5. The highest BCUT2D eigenvalue weighted by atomic mass is 35.5. The van der Waals surface area contributed by atoms with Gasteiger partial charge in [0.2, 0.25) is 0 Å². The number of fused-ring (bicyclic) bond motifs is 1. The van der Waals surface area contributed by atoms with Crippen molar-refractivity contribution in [3.8, 4) is 5.69 Å². The van der Waals surface area contributed by atoms with Crippen LogP contribution in [0.3, 0.4) is 0 Å². The Morgan fingerprint density at radius 1 is 1.09 bits per heavy atom. The van der Waals surface area contributed by atoms with Gasteiger partial charge in [0.05, 0.1) is 38.6 Å². The quantitative estimate of drug-likeness (QED) is 0.171. The third kappa shape index (κ3) is 5.45. The topological polar surface area (TPSA) is 76.3 Å². The number of nitrogens with one attached hydrogen (secondary N) is 1. The van der Waals surface area contributed by atoms with E-state index in [0.29, 0.717) is 37.4 Å². The first-order valence-electron chi connectivity index (χ1n) is 9.91. The lowest BCUT2D eigenvalue weighted by atomic mass is 10.2. The van der Waals surface area contributed by atoms with E-state index in [1.165, 1.54) is 10.8 Å². The van der Waals surface area contributed by atoms with Crippen molar-refractivity contribution in [2.24, 2.45) is 5.10 Å². The fourth-order valence-electron chi connectivity index (χ4n) is 3.06. The summed E-state index contributed by atoms with van der Waals surface area (Å²) in [7, 11) is 0. The minimum Gasteiger partial charge on any atom is -0.272 e. The molecule has 0 atom stereocenters. The lowest BCUT2D eigenvalue weighted by Crippen LogP contribution is -2.24. The number of hydrazone groups is 1. The van der Waals surface area contributed by atoms with E-state index >= 15 is 0 Å². The second-order valence-corrected chi connectivity index (χ2v) is 8.90. The molecule has 33 heavy (non-hydrogen) atoms. The van der Waals surface area contributed by atoms with Crippen molar-refractivity contribution in [3.05, 3.63) is 98.3 Å². The Bertz CT molecular complexity index is 1420. The summed E-state index contributed by atoms with van der Waals surface area (Å²) in [5, 5.41) is 5.73. The molecule has 4 aromatic rings. The Balaban J connectivity index is 1.55. The number of aromatic nitrogens is 2. The number of para-hydroxylation sites is 1. The maximum absolute atomic E-state index is 13.2. The molecule has 1 N–H and O–H groups in total. The van der Waals surface area contributed by atoms with Crippen molar-refractivity contribution >= 4 is 58.0 Å². The smallest absolute Gasteiger partial charge is 0.266 e. The molecule has 0 spiro atoms. The molecule has 0 aliphatic carbocycles. The molecule has 1 amide bonds. The van der Waals surface area contributed by atoms with Crippen LogP contribution in [0.2, 0.25) is 10.0 Å². The van der Waals surface area contributed by atoms with Crippen molar-refractivity contribution < 1.29 is 4.79 Å². The van der Waals surface area contributed by atoms with Crippen LogP contribution in [0.15, 0.2) is 81.8 Å². The maximum Gasteiger partial charge on any atom is 0.266 e. The van der Waals surface area contributed by atoms with Crippen LogP contribution in [0.5, 0.6) is 0 Å². The van der Waals surface area contributed by atoms with E-state index in [1.807, 2.05) is 37.3 Å². The maximum atomic E-state index is 13.2. The average molecular weight is 497 g/mol. The number of amides is 1. The van der Waals surface area contributed by atoms with E-state index in [2.05, 4.69) is 15.5 Å². The van der Waals surface area contributed by atoms with Gasteiger partial charge in [-0.2, -0.15) is 5.10 Å². The van der Waals surface area contributed by atoms with Crippen LogP contribution >= 0.6 is 35.0 Å². The van der Waals surface area contributed by atoms with Gasteiger partial charge in [0.15, 0.2) is 5.16 Å². The Kier molecular flexibility index (Phi) is 7.13. The van der Waals surface area contributed by atoms with Crippen molar-refractivity contribution in [1.82, 2.24) is 15.0 Å². The molecular weight excluding hydrogens is 479 g/mol. The zero-order valence-corrected chi connectivity index (χ0v) is 19.8. The molecule has 0 aliphatic rings. The summed E-state index contributed by atoms with van der Waals surface area (Å²) in [5.74, 6) is -0.316. The van der Waals surface area contributed by atoms with Gasteiger partial charge in [-0.3, -0.25) is 14.2 Å². The molecule has 4 rings (SSSR count). The number of hydrogen-bond acceptors (Lipinski definition) is 5. The Morgan fingerprint density at radius 3 is 2.61 bits per heavy atom. The van der Waals surface area contributed by atoms with Gasteiger partial charge >= 0.3 is 0 Å². The molecule has 1 aromatic heterocycles. The minimum atomic E-state index is -0.339. The summed E-state index contributed by atoms with van der Waals surface area (Å²) in [4.78, 5) is 30.2. The molecule has 166 valence electrons. The van der Waals surface area contributed by atoms with Gasteiger partial charge in [0, 0.05) is 0 Å². The van der Waals surface area contributed by atoms with Crippen molar-refractivity contribution in [2.75, 3.05) is 5.75 Å². The van der Waals surface area contributed by atoms with E-state index < -0.39 is 0 Å². The van der Waals surface area contributed by atoms with Gasteiger partial charge in [0.25, 0.3) is 11.5 Å². The highest BCUT2D eigenvalue weighted by molar-refractivity contribution is 7.99. The molecule has 3 aromatic carbocycles. The first kappa shape index (κ1) is 23.0. The number of thioether (sulfide) groups is 1. The van der Waals surface area contributed by atoms with Crippen LogP contribution in [0, 0.1) is 6.92 Å². The molecule has 9 heteroatoms. The molecule has 0 radical (unpaired) electrons. The van der Waals surface area contributed by atoms with Gasteiger partial charge < -0.3 is 0 Å². The zero-order chi connectivity index (χ0) is 23.4. The van der Waals surface area contributed by atoms with Gasteiger partial charge in [-0.05, 0) is 48.9 Å². The Morgan fingerprint density at radius 2 is 1.85 bits per heavy atom. The lowest BCUT2D eigenvalue weighted by Gasteiger charge is -2.13. The van der Waals surface area contributed by atoms with Crippen LogP contribution in [-0.4, -0.2) is 27.4 Å². The summed E-state index contributed by atoms with van der Waals surface area (Å²) in [6, 6.07) is 19.8. The van der Waals surface area contributed by atoms with Crippen molar-refractivity contribution in [3.63, 3.8) is 0 Å². The van der Waals surface area contributed by atoms with Gasteiger partial charge in [-0.25, -0.2) is 10.4 Å². The average Bonchev–Trinajstić information content (AvgIpc) is 2.81. The van der Waals surface area contributed by atoms with Gasteiger partial charge in [-0.15, -0.1) is 0 Å². The van der Waals surface area contributed by atoms with E-state index in [4.69, 9.17) is 23.2 Å². The monoisotopic (exact) mass is 496 g/mol. The molecule has 0 aliphatic heterocycles. The Labute approximate surface area is 204 Å². The third-order valence-corrected chi connectivity index (χ3v) is 6.39. The SMILES string of the molecule is Cc1ccc(-n2c(SCC(=O)N/N=C\c3ccc(Cl)c(Cl)c3)nc3ccccc3c2=O)cc1. The van der Waals surface area contributed by atoms with E-state index in [0.717, 1.165) is 17.3 Å². The van der Waals surface area contributed by atoms with Crippen LogP contribution < -0.4 is 11.0 Å². The number of carbonyl (C=O) groups is 1. The second-order valence-electron chi connectivity index (χ2n) is 7.14. The van der Waals surface area contributed by atoms with Crippen LogP contribution in [0.4, 0.5) is 0 Å². The lowest BCUT2D eigenvalue weighted by molar-refractivity contribution is -0.118. The van der Waals surface area contributed by atoms with Crippen LogP contribution in [0.1, 0.15) is 11.1 Å². The van der Waals surface area contributed by atoms with Crippen molar-refractivity contribution in [1.29, 1.82) is 0 Å². The summed E-state index contributed by atoms with van der Waals surface area (Å²) >= 11 is 13.0. The van der Waals surface area contributed by atoms with Crippen LogP contribution in [-0.2, 0) is 4.79 Å². The number of rotatable bonds is 6. The highest BCUT2D eigenvalue weighted by Gasteiger charge is 2.14. The standard InChI is InChI=1S/C24H18Cl2N4O2S/c1-15-6-9-17(10-7-15)30-23(32)18-4-2-3-5-21(18)28-24(30)33-14-22(31)29-27-13-16-8-11-19(25)20(26)12-16/h2-13H,14H2,1H3,(H,29,31)/b27-13-. The van der Waals surface area contributed by atoms with Crippen LogP contribution in [0.25, 0.3) is 16.6 Å². The molecule has 0 fully saturated rings. The second kappa shape index (κ2) is 10.2. The summed E-state index contributed by atoms with van der Waals surface area (Å²) < 4.78 is 1.53. The van der Waals surface area contributed by atoms with E-state index in [-0.39, 0.29) is 17.2 Å². The van der Waals surface area contributed by atoms with Gasteiger partial charge in [-0.1, -0.05) is 70.9 Å². The number of hydrogen-bond donors (Lipinski definition) is 1. The number of carbonyl (C=O) groups excluding carboxylic acids is 1. The van der Waals surface area contributed by atoms with Gasteiger partial charge in [0.1, 0.15) is 0 Å². The predicted molar refractivity (Wildman–Crippen MR) is 135 cm³/mol. The molecule has 0 unspecified atom stereocenters. The van der Waals surface area contributed by atoms with Crippen molar-refractivity contribution in [2.45, 2.75) is 12.1 Å². The number of benzene rings is 3. The summed E-state index contributed by atoms with van der Waals surface area (Å²) in [6.45, 7) is 1.98. The minimum absolute atomic E-state index is 0.0232. The fraction of sp³-hybridized carbons (Fsp3) is 0.0833. The highest BCUT2D eigenvalue weighted by Crippen LogP contribution is 2.22. The predicted octanol–water partition coefficient (Wildman–Crippen LogP) is 5.24. The molecule has 0 bridgehead atoms. The molecule has 1 heterocycles. The summed E-state index contributed by atoms with van der Waals surface area (Å²) in [5.41, 5.74) is 5.32. The molecule has 6 nitrogen and oxygen atoms in total.